The number of nitrogens with zero attached hydrogens (tertiary/aromatic N) is 2. The first-order valence-corrected chi connectivity index (χ1v) is 12.7. The molecule has 33 heavy (non-hydrogen) atoms. The number of piperidine rings is 1. The van der Waals surface area contributed by atoms with Crippen LogP contribution in [-0.2, 0) is 24.3 Å². The summed E-state index contributed by atoms with van der Waals surface area (Å²) < 4.78 is 38.8. The van der Waals surface area contributed by atoms with Crippen molar-refractivity contribution in [2.75, 3.05) is 38.2 Å². The molecule has 1 heterocycles. The molecule has 1 fully saturated rings. The van der Waals surface area contributed by atoms with Gasteiger partial charge in [0.1, 0.15) is 12.3 Å². The Bertz CT molecular complexity index is 1110. The molecule has 10 heteroatoms. The van der Waals surface area contributed by atoms with Gasteiger partial charge < -0.3 is 14.4 Å². The van der Waals surface area contributed by atoms with Crippen molar-refractivity contribution in [2.45, 2.75) is 24.7 Å². The number of halogens is 1. The third-order valence-corrected chi connectivity index (χ3v) is 8.08. The van der Waals surface area contributed by atoms with E-state index in [1.54, 1.807) is 35.2 Å². The van der Waals surface area contributed by atoms with Crippen LogP contribution in [0, 0.1) is 12.8 Å². The van der Waals surface area contributed by atoms with Gasteiger partial charge in [-0.1, -0.05) is 17.7 Å². The van der Waals surface area contributed by atoms with Crippen LogP contribution >= 0.6 is 15.9 Å². The number of aryl methyl sites for hydroxylation is 1. The lowest BCUT2D eigenvalue weighted by molar-refractivity contribution is -0.148. The molecule has 0 N–H and O–H groups in total. The molecule has 0 radical (unpaired) electrons. The van der Waals surface area contributed by atoms with Crippen molar-refractivity contribution in [3.63, 3.8) is 0 Å². The molecule has 1 amide bonds. The standard InChI is InChI=1S/C23H27BrN2O6S/c1-16-4-6-18(7-5-16)26(33(29,30)19-8-9-21(31-2)20(24)14-19)15-22(27)25-12-10-17(11-13-25)23(28)32-3/h4-9,14,17H,10-13,15H2,1-3H3. The van der Waals surface area contributed by atoms with Gasteiger partial charge in [0.05, 0.1) is 35.2 Å². The maximum Gasteiger partial charge on any atom is 0.308 e. The number of sulfonamides is 1. The number of rotatable bonds is 7. The number of hydrogen-bond donors (Lipinski definition) is 0. The summed E-state index contributed by atoms with van der Waals surface area (Å²) in [7, 11) is -1.21. The molecule has 8 nitrogen and oxygen atoms in total. The summed E-state index contributed by atoms with van der Waals surface area (Å²) in [5, 5.41) is 0. The summed E-state index contributed by atoms with van der Waals surface area (Å²) in [5.74, 6) is -0.348. The quantitative estimate of drug-likeness (QED) is 0.501. The first-order valence-electron chi connectivity index (χ1n) is 10.5. The van der Waals surface area contributed by atoms with E-state index in [9.17, 15) is 18.0 Å². The molecule has 2 aromatic rings. The SMILES string of the molecule is COC(=O)C1CCN(C(=O)CN(c2ccc(C)cc2)S(=O)(=O)c2ccc(OC)c(Br)c2)CC1. The van der Waals surface area contributed by atoms with Gasteiger partial charge in [0.2, 0.25) is 5.91 Å². The minimum Gasteiger partial charge on any atom is -0.496 e. The molecule has 3 rings (SSSR count). The van der Waals surface area contributed by atoms with Crippen LogP contribution in [0.25, 0.3) is 0 Å². The number of hydrogen-bond acceptors (Lipinski definition) is 6. The Morgan fingerprint density at radius 2 is 1.73 bits per heavy atom. The van der Waals surface area contributed by atoms with Crippen LogP contribution in [0.15, 0.2) is 51.8 Å². The number of methoxy groups -OCH3 is 2. The lowest BCUT2D eigenvalue weighted by Crippen LogP contribution is -2.46. The van der Waals surface area contributed by atoms with Crippen molar-refractivity contribution >= 4 is 43.5 Å². The summed E-state index contributed by atoms with van der Waals surface area (Å²) >= 11 is 3.33. The van der Waals surface area contributed by atoms with Crippen LogP contribution in [0.2, 0.25) is 0 Å². The summed E-state index contributed by atoms with van der Waals surface area (Å²) in [4.78, 5) is 26.5. The van der Waals surface area contributed by atoms with Gasteiger partial charge >= 0.3 is 5.97 Å². The van der Waals surface area contributed by atoms with E-state index in [0.29, 0.717) is 41.8 Å². The third-order valence-electron chi connectivity index (χ3n) is 5.69. The monoisotopic (exact) mass is 538 g/mol. The van der Waals surface area contributed by atoms with E-state index >= 15 is 0 Å². The van der Waals surface area contributed by atoms with Gasteiger partial charge in [-0.3, -0.25) is 13.9 Å². The number of anilines is 1. The topological polar surface area (TPSA) is 93.2 Å². The fourth-order valence-corrected chi connectivity index (χ4v) is 5.85. The number of carbonyl (C=O) groups is 2. The lowest BCUT2D eigenvalue weighted by Gasteiger charge is -2.33. The molecule has 1 aliphatic rings. The maximum absolute atomic E-state index is 13.6. The largest absolute Gasteiger partial charge is 0.496 e. The second kappa shape index (κ2) is 10.6. The molecule has 178 valence electrons. The van der Waals surface area contributed by atoms with E-state index in [-0.39, 0.29) is 29.2 Å². The average Bonchev–Trinajstić information content (AvgIpc) is 2.82. The zero-order valence-corrected chi connectivity index (χ0v) is 21.2. The Balaban J connectivity index is 1.88. The van der Waals surface area contributed by atoms with Crippen molar-refractivity contribution in [1.29, 1.82) is 0 Å². The maximum atomic E-state index is 13.6. The van der Waals surface area contributed by atoms with E-state index in [1.807, 2.05) is 6.92 Å². The zero-order valence-electron chi connectivity index (χ0n) is 18.8. The molecule has 0 unspecified atom stereocenters. The molecule has 0 atom stereocenters. The fraction of sp³-hybridized carbons (Fsp3) is 0.391. The van der Waals surface area contributed by atoms with E-state index < -0.39 is 10.0 Å². The van der Waals surface area contributed by atoms with Crippen LogP contribution < -0.4 is 9.04 Å². The summed E-state index contributed by atoms with van der Waals surface area (Å²) in [6.07, 6.45) is 0.974. The number of amides is 1. The van der Waals surface area contributed by atoms with E-state index in [1.165, 1.54) is 26.4 Å². The molecule has 0 aliphatic carbocycles. The van der Waals surface area contributed by atoms with E-state index in [4.69, 9.17) is 9.47 Å². The first-order chi connectivity index (χ1) is 15.7. The van der Waals surface area contributed by atoms with Crippen molar-refractivity contribution in [2.24, 2.45) is 5.92 Å². The van der Waals surface area contributed by atoms with Gasteiger partial charge in [0.15, 0.2) is 0 Å². The van der Waals surface area contributed by atoms with Crippen molar-refractivity contribution < 1.29 is 27.5 Å². The highest BCUT2D eigenvalue weighted by Crippen LogP contribution is 2.31. The molecule has 0 bridgehead atoms. The molecular formula is C23H27BrN2O6S. The van der Waals surface area contributed by atoms with Crippen LogP contribution in [0.1, 0.15) is 18.4 Å². The van der Waals surface area contributed by atoms with E-state index in [2.05, 4.69) is 15.9 Å². The molecule has 1 saturated heterocycles. The van der Waals surface area contributed by atoms with Gasteiger partial charge in [-0.15, -0.1) is 0 Å². The molecule has 2 aromatic carbocycles. The Morgan fingerprint density at radius 1 is 1.09 bits per heavy atom. The molecule has 0 aromatic heterocycles. The summed E-state index contributed by atoms with van der Waals surface area (Å²) in [6.45, 7) is 2.29. The highest BCUT2D eigenvalue weighted by Gasteiger charge is 2.32. The minimum atomic E-state index is -4.05. The predicted octanol–water partition coefficient (Wildman–Crippen LogP) is 3.37. The van der Waals surface area contributed by atoms with Gasteiger partial charge in [-0.05, 0) is 66.0 Å². The van der Waals surface area contributed by atoms with Crippen molar-refractivity contribution in [3.05, 3.63) is 52.5 Å². The number of esters is 1. The highest BCUT2D eigenvalue weighted by molar-refractivity contribution is 9.10. The number of ether oxygens (including phenoxy) is 2. The average molecular weight is 539 g/mol. The van der Waals surface area contributed by atoms with Crippen LogP contribution in [0.5, 0.6) is 5.75 Å². The van der Waals surface area contributed by atoms with Gasteiger partial charge in [0, 0.05) is 13.1 Å². The summed E-state index contributed by atoms with van der Waals surface area (Å²) in [6, 6.07) is 11.4. The Morgan fingerprint density at radius 3 is 2.27 bits per heavy atom. The Kier molecular flexibility index (Phi) is 8.01. The third kappa shape index (κ3) is 5.67. The van der Waals surface area contributed by atoms with Gasteiger partial charge in [-0.2, -0.15) is 0 Å². The van der Waals surface area contributed by atoms with Crippen molar-refractivity contribution in [1.82, 2.24) is 4.90 Å². The van der Waals surface area contributed by atoms with E-state index in [0.717, 1.165) is 9.87 Å². The number of carbonyl (C=O) groups excluding carboxylic acids is 2. The molecule has 0 saturated carbocycles. The second-order valence-electron chi connectivity index (χ2n) is 7.82. The predicted molar refractivity (Wildman–Crippen MR) is 128 cm³/mol. The number of likely N-dealkylation sites (tertiary alicyclic amines) is 1. The smallest absolute Gasteiger partial charge is 0.308 e. The summed E-state index contributed by atoms with van der Waals surface area (Å²) in [5.41, 5.74) is 1.37. The van der Waals surface area contributed by atoms with Crippen LogP contribution in [-0.4, -0.2) is 59.0 Å². The first kappa shape index (κ1) is 25.0. The Hall–Kier alpha value is -2.59. The van der Waals surface area contributed by atoms with Crippen molar-refractivity contribution in [3.8, 4) is 5.75 Å². The fourth-order valence-electron chi connectivity index (χ4n) is 3.71. The number of benzene rings is 2. The minimum absolute atomic E-state index is 0.0351. The normalized spacial score (nSPS) is 14.6. The highest BCUT2D eigenvalue weighted by atomic mass is 79.9. The molecular weight excluding hydrogens is 512 g/mol. The van der Waals surface area contributed by atoms with Crippen LogP contribution in [0.4, 0.5) is 5.69 Å². The zero-order chi connectivity index (χ0) is 24.2. The van der Waals surface area contributed by atoms with Gasteiger partial charge in [0.25, 0.3) is 10.0 Å². The lowest BCUT2D eigenvalue weighted by atomic mass is 9.97. The van der Waals surface area contributed by atoms with Gasteiger partial charge in [-0.25, -0.2) is 8.42 Å². The van der Waals surface area contributed by atoms with Crippen LogP contribution in [0.3, 0.4) is 0 Å². The molecule has 0 spiro atoms. The second-order valence-corrected chi connectivity index (χ2v) is 10.5. The Labute approximate surface area is 202 Å². The molecule has 1 aliphatic heterocycles.